The third-order valence-electron chi connectivity index (χ3n) is 3.61. The number of anilines is 1. The summed E-state index contributed by atoms with van der Waals surface area (Å²) >= 11 is 0. The molecule has 98 valence electrons. The Hall–Kier alpha value is -1.13. The molecule has 4 heteroatoms. The van der Waals surface area contributed by atoms with Gasteiger partial charge in [0.05, 0.1) is 18.5 Å². The van der Waals surface area contributed by atoms with Crippen molar-refractivity contribution in [2.75, 3.05) is 31.2 Å². The molecule has 1 aliphatic carbocycles. The molecule has 4 nitrogen and oxygen atoms in total. The van der Waals surface area contributed by atoms with E-state index in [4.69, 9.17) is 4.74 Å². The Morgan fingerprint density at radius 3 is 3.17 bits per heavy atom. The fourth-order valence-electron chi connectivity index (χ4n) is 2.38. The standard InChI is InChI=1S/C14H21N3O/c1-6-17(7-9-18-8-1)14-11-15-5-4-12(14)10-16-13-2-3-13/h4-5,11,13,16H,1-3,6-10H2. The van der Waals surface area contributed by atoms with Crippen LogP contribution in [0.15, 0.2) is 18.5 Å². The molecule has 0 amide bonds. The first-order valence-corrected chi connectivity index (χ1v) is 6.92. The maximum atomic E-state index is 5.52. The summed E-state index contributed by atoms with van der Waals surface area (Å²) in [7, 11) is 0. The molecular weight excluding hydrogens is 226 g/mol. The molecule has 0 aromatic carbocycles. The Bertz CT molecular complexity index is 384. The summed E-state index contributed by atoms with van der Waals surface area (Å²) in [5.41, 5.74) is 2.63. The fraction of sp³-hybridized carbons (Fsp3) is 0.643. The molecule has 2 aliphatic rings. The second-order valence-electron chi connectivity index (χ2n) is 5.11. The van der Waals surface area contributed by atoms with Crippen LogP contribution in [0.4, 0.5) is 5.69 Å². The van der Waals surface area contributed by atoms with Gasteiger partial charge in [0.15, 0.2) is 0 Å². The van der Waals surface area contributed by atoms with Gasteiger partial charge in [0.2, 0.25) is 0 Å². The van der Waals surface area contributed by atoms with E-state index >= 15 is 0 Å². The van der Waals surface area contributed by atoms with Crippen molar-refractivity contribution in [1.82, 2.24) is 10.3 Å². The lowest BCUT2D eigenvalue weighted by molar-refractivity contribution is 0.152. The lowest BCUT2D eigenvalue weighted by Gasteiger charge is -2.24. The fourth-order valence-corrected chi connectivity index (χ4v) is 2.38. The molecule has 1 saturated heterocycles. The molecule has 0 bridgehead atoms. The van der Waals surface area contributed by atoms with E-state index in [0.717, 1.165) is 45.3 Å². The Kier molecular flexibility index (Phi) is 3.76. The summed E-state index contributed by atoms with van der Waals surface area (Å²) in [6, 6.07) is 2.88. The van der Waals surface area contributed by atoms with Gasteiger partial charge in [-0.05, 0) is 30.9 Å². The van der Waals surface area contributed by atoms with Crippen LogP contribution in [0.3, 0.4) is 0 Å². The van der Waals surface area contributed by atoms with Gasteiger partial charge in [0.1, 0.15) is 0 Å². The molecule has 0 radical (unpaired) electrons. The lowest BCUT2D eigenvalue weighted by Crippen LogP contribution is -2.28. The van der Waals surface area contributed by atoms with Crippen molar-refractivity contribution >= 4 is 5.69 Å². The third-order valence-corrected chi connectivity index (χ3v) is 3.61. The molecule has 1 aliphatic heterocycles. The Morgan fingerprint density at radius 2 is 2.28 bits per heavy atom. The van der Waals surface area contributed by atoms with Gasteiger partial charge in [-0.2, -0.15) is 0 Å². The molecule has 1 aromatic heterocycles. The summed E-state index contributed by atoms with van der Waals surface area (Å²) in [6.07, 6.45) is 7.65. The van der Waals surface area contributed by atoms with E-state index in [2.05, 4.69) is 21.3 Å². The highest BCUT2D eigenvalue weighted by Crippen LogP contribution is 2.23. The minimum Gasteiger partial charge on any atom is -0.380 e. The van der Waals surface area contributed by atoms with E-state index in [1.165, 1.54) is 24.1 Å². The number of hydrogen-bond donors (Lipinski definition) is 1. The molecule has 1 N–H and O–H groups in total. The van der Waals surface area contributed by atoms with Gasteiger partial charge in [-0.25, -0.2) is 0 Å². The average Bonchev–Trinajstić information content (AvgIpc) is 3.24. The van der Waals surface area contributed by atoms with Crippen molar-refractivity contribution in [3.8, 4) is 0 Å². The van der Waals surface area contributed by atoms with Crippen LogP contribution >= 0.6 is 0 Å². The predicted octanol–water partition coefficient (Wildman–Crippen LogP) is 1.56. The van der Waals surface area contributed by atoms with Crippen molar-refractivity contribution in [2.45, 2.75) is 31.8 Å². The monoisotopic (exact) mass is 247 g/mol. The summed E-state index contributed by atoms with van der Waals surface area (Å²) in [4.78, 5) is 6.69. The average molecular weight is 247 g/mol. The van der Waals surface area contributed by atoms with Crippen LogP contribution in [0.25, 0.3) is 0 Å². The molecular formula is C14H21N3O. The van der Waals surface area contributed by atoms with E-state index < -0.39 is 0 Å². The zero-order valence-corrected chi connectivity index (χ0v) is 10.8. The largest absolute Gasteiger partial charge is 0.380 e. The number of pyridine rings is 1. The minimum atomic E-state index is 0.749. The maximum Gasteiger partial charge on any atom is 0.0641 e. The van der Waals surface area contributed by atoms with Crippen molar-refractivity contribution in [1.29, 1.82) is 0 Å². The molecule has 18 heavy (non-hydrogen) atoms. The topological polar surface area (TPSA) is 37.4 Å². The van der Waals surface area contributed by atoms with E-state index in [0.29, 0.717) is 0 Å². The molecule has 2 heterocycles. The van der Waals surface area contributed by atoms with Gasteiger partial charge < -0.3 is 15.0 Å². The van der Waals surface area contributed by atoms with E-state index in [9.17, 15) is 0 Å². The highest BCUT2D eigenvalue weighted by molar-refractivity contribution is 5.51. The maximum absolute atomic E-state index is 5.52. The number of aromatic nitrogens is 1. The van der Waals surface area contributed by atoms with Crippen LogP contribution in [0.2, 0.25) is 0 Å². The minimum absolute atomic E-state index is 0.749. The molecule has 1 saturated carbocycles. The quantitative estimate of drug-likeness (QED) is 0.876. The molecule has 2 fully saturated rings. The predicted molar refractivity (Wildman–Crippen MR) is 71.7 cm³/mol. The number of rotatable bonds is 4. The van der Waals surface area contributed by atoms with Crippen LogP contribution < -0.4 is 10.2 Å². The van der Waals surface area contributed by atoms with Crippen LogP contribution in [-0.2, 0) is 11.3 Å². The number of nitrogens with one attached hydrogen (secondary N) is 1. The first kappa shape index (κ1) is 11.9. The van der Waals surface area contributed by atoms with E-state index in [-0.39, 0.29) is 0 Å². The van der Waals surface area contributed by atoms with Crippen LogP contribution in [0, 0.1) is 0 Å². The number of nitrogens with zero attached hydrogens (tertiary/aromatic N) is 2. The van der Waals surface area contributed by atoms with E-state index in [1.807, 2.05) is 12.4 Å². The summed E-state index contributed by atoms with van der Waals surface area (Å²) in [5, 5.41) is 3.58. The van der Waals surface area contributed by atoms with Crippen LogP contribution in [0.5, 0.6) is 0 Å². The van der Waals surface area contributed by atoms with E-state index in [1.54, 1.807) is 0 Å². The number of hydrogen-bond acceptors (Lipinski definition) is 4. The summed E-state index contributed by atoms with van der Waals surface area (Å²) < 4.78 is 5.52. The zero-order chi connectivity index (χ0) is 12.2. The Balaban J connectivity index is 1.71. The van der Waals surface area contributed by atoms with Crippen molar-refractivity contribution in [3.05, 3.63) is 24.0 Å². The Labute approximate surface area is 108 Å². The number of ether oxygens (including phenoxy) is 1. The molecule has 3 rings (SSSR count). The van der Waals surface area contributed by atoms with Gasteiger partial charge in [-0.1, -0.05) is 0 Å². The van der Waals surface area contributed by atoms with Gasteiger partial charge in [-0.15, -0.1) is 0 Å². The second-order valence-corrected chi connectivity index (χ2v) is 5.11. The second kappa shape index (κ2) is 5.67. The first-order valence-electron chi connectivity index (χ1n) is 6.92. The molecule has 1 aromatic rings. The van der Waals surface area contributed by atoms with Crippen LogP contribution in [0.1, 0.15) is 24.8 Å². The Morgan fingerprint density at radius 1 is 1.33 bits per heavy atom. The van der Waals surface area contributed by atoms with Crippen molar-refractivity contribution in [3.63, 3.8) is 0 Å². The highest BCUT2D eigenvalue weighted by Gasteiger charge is 2.21. The lowest BCUT2D eigenvalue weighted by atomic mass is 10.2. The first-order chi connectivity index (χ1) is 8.93. The van der Waals surface area contributed by atoms with Gasteiger partial charge in [-0.3, -0.25) is 4.98 Å². The van der Waals surface area contributed by atoms with Crippen molar-refractivity contribution in [2.24, 2.45) is 0 Å². The summed E-state index contributed by atoms with van der Waals surface area (Å²) in [6.45, 7) is 4.71. The van der Waals surface area contributed by atoms with Gasteiger partial charge in [0.25, 0.3) is 0 Å². The normalized spacial score (nSPS) is 20.8. The third kappa shape index (κ3) is 3.00. The molecule has 0 unspecified atom stereocenters. The highest BCUT2D eigenvalue weighted by atomic mass is 16.5. The van der Waals surface area contributed by atoms with Gasteiger partial charge >= 0.3 is 0 Å². The molecule has 0 atom stereocenters. The molecule has 0 spiro atoms. The summed E-state index contributed by atoms with van der Waals surface area (Å²) in [5.74, 6) is 0. The van der Waals surface area contributed by atoms with Gasteiger partial charge in [0, 0.05) is 38.5 Å². The van der Waals surface area contributed by atoms with Crippen LogP contribution in [-0.4, -0.2) is 37.3 Å². The van der Waals surface area contributed by atoms with Crippen molar-refractivity contribution < 1.29 is 4.74 Å². The zero-order valence-electron chi connectivity index (χ0n) is 10.8. The smallest absolute Gasteiger partial charge is 0.0641 e. The SMILES string of the molecule is c1cc(CNC2CC2)c(N2CCCOCC2)cn1.